The molecule has 5 N–H and O–H groups in total. The lowest BCUT2D eigenvalue weighted by Gasteiger charge is -2.27. The van der Waals surface area contributed by atoms with Crippen LogP contribution in [-0.2, 0) is 19.2 Å². The van der Waals surface area contributed by atoms with Crippen molar-refractivity contribution in [1.29, 1.82) is 0 Å². The average Bonchev–Trinajstić information content (AvgIpc) is 3.27. The zero-order chi connectivity index (χ0) is 18.4. The van der Waals surface area contributed by atoms with Crippen molar-refractivity contribution in [2.75, 3.05) is 26.2 Å². The van der Waals surface area contributed by atoms with Gasteiger partial charge in [0, 0.05) is 6.54 Å². The lowest BCUT2D eigenvalue weighted by Crippen LogP contribution is -2.56. The summed E-state index contributed by atoms with van der Waals surface area (Å²) in [7, 11) is 0. The summed E-state index contributed by atoms with van der Waals surface area (Å²) >= 11 is 0. The molecule has 2 aliphatic heterocycles. The smallest absolute Gasteiger partial charge is 0.322 e. The second-order valence-corrected chi connectivity index (χ2v) is 6.19. The van der Waals surface area contributed by atoms with Crippen LogP contribution in [0.4, 0.5) is 0 Å². The molecule has 140 valence electrons. The number of aliphatic hydroxyl groups excluding tert-OH is 1. The number of likely N-dealkylation sites (tertiary alicyclic amines) is 1. The lowest BCUT2D eigenvalue weighted by molar-refractivity contribution is -0.141. The average molecular weight is 356 g/mol. The highest BCUT2D eigenvalue weighted by Crippen LogP contribution is 2.20. The number of rotatable bonds is 7. The summed E-state index contributed by atoms with van der Waals surface area (Å²) < 4.78 is 0. The van der Waals surface area contributed by atoms with Crippen molar-refractivity contribution in [3.8, 4) is 0 Å². The SMILES string of the molecule is O=C(O)CNC(=O)C(CO)NC(=O)C1CCCN1C(=O)C1CCCN1. The molecule has 2 aliphatic rings. The van der Waals surface area contributed by atoms with Crippen LogP contribution in [0.3, 0.4) is 0 Å². The fourth-order valence-electron chi connectivity index (χ4n) is 3.15. The van der Waals surface area contributed by atoms with Crippen LogP contribution in [0, 0.1) is 0 Å². The van der Waals surface area contributed by atoms with E-state index in [1.54, 1.807) is 0 Å². The molecule has 0 bridgehead atoms. The Morgan fingerprint density at radius 1 is 1.20 bits per heavy atom. The van der Waals surface area contributed by atoms with Crippen LogP contribution in [0.15, 0.2) is 0 Å². The van der Waals surface area contributed by atoms with Gasteiger partial charge in [-0.2, -0.15) is 0 Å². The summed E-state index contributed by atoms with van der Waals surface area (Å²) in [6.45, 7) is -0.0177. The van der Waals surface area contributed by atoms with E-state index in [2.05, 4.69) is 16.0 Å². The Labute approximate surface area is 144 Å². The molecule has 0 spiro atoms. The molecule has 2 heterocycles. The third-order valence-electron chi connectivity index (χ3n) is 4.43. The van der Waals surface area contributed by atoms with Crippen molar-refractivity contribution in [1.82, 2.24) is 20.9 Å². The molecule has 0 saturated carbocycles. The first kappa shape index (κ1) is 19.1. The molecule has 0 aliphatic carbocycles. The molecule has 3 unspecified atom stereocenters. The van der Waals surface area contributed by atoms with Crippen LogP contribution in [0.1, 0.15) is 25.7 Å². The second-order valence-electron chi connectivity index (χ2n) is 6.19. The van der Waals surface area contributed by atoms with Crippen LogP contribution < -0.4 is 16.0 Å². The molecule has 3 atom stereocenters. The summed E-state index contributed by atoms with van der Waals surface area (Å²) in [4.78, 5) is 48.8. The van der Waals surface area contributed by atoms with Gasteiger partial charge in [-0.1, -0.05) is 0 Å². The fraction of sp³-hybridized carbons (Fsp3) is 0.733. The van der Waals surface area contributed by atoms with Crippen molar-refractivity contribution in [2.24, 2.45) is 0 Å². The van der Waals surface area contributed by atoms with Gasteiger partial charge in [-0.15, -0.1) is 0 Å². The predicted octanol–water partition coefficient (Wildman–Crippen LogP) is -2.59. The molecule has 2 rings (SSSR count). The molecule has 10 nitrogen and oxygen atoms in total. The molecule has 0 radical (unpaired) electrons. The topological polar surface area (TPSA) is 148 Å². The van der Waals surface area contributed by atoms with Crippen molar-refractivity contribution in [3.05, 3.63) is 0 Å². The van der Waals surface area contributed by atoms with E-state index < -0.39 is 43.0 Å². The van der Waals surface area contributed by atoms with Gasteiger partial charge < -0.3 is 31.1 Å². The quantitative estimate of drug-likeness (QED) is 0.336. The van der Waals surface area contributed by atoms with Crippen LogP contribution in [0.2, 0.25) is 0 Å². The monoisotopic (exact) mass is 356 g/mol. The Morgan fingerprint density at radius 2 is 1.96 bits per heavy atom. The molecule has 0 aromatic rings. The van der Waals surface area contributed by atoms with E-state index in [1.165, 1.54) is 4.90 Å². The van der Waals surface area contributed by atoms with Gasteiger partial charge in [0.05, 0.1) is 12.6 Å². The first-order chi connectivity index (χ1) is 11.9. The van der Waals surface area contributed by atoms with Gasteiger partial charge in [0.15, 0.2) is 0 Å². The van der Waals surface area contributed by atoms with Gasteiger partial charge in [-0.05, 0) is 32.2 Å². The number of hydrogen-bond acceptors (Lipinski definition) is 6. The van der Waals surface area contributed by atoms with E-state index >= 15 is 0 Å². The molecular formula is C15H24N4O6. The predicted molar refractivity (Wildman–Crippen MR) is 85.4 cm³/mol. The Balaban J connectivity index is 1.94. The zero-order valence-corrected chi connectivity index (χ0v) is 13.9. The minimum absolute atomic E-state index is 0.119. The zero-order valence-electron chi connectivity index (χ0n) is 13.9. The normalized spacial score (nSPS) is 24.0. The van der Waals surface area contributed by atoms with Gasteiger partial charge >= 0.3 is 5.97 Å². The van der Waals surface area contributed by atoms with E-state index in [0.717, 1.165) is 19.4 Å². The second kappa shape index (κ2) is 8.77. The van der Waals surface area contributed by atoms with Crippen LogP contribution in [-0.4, -0.2) is 83.2 Å². The number of carboxylic acids is 1. The number of amides is 3. The van der Waals surface area contributed by atoms with E-state index in [1.807, 2.05) is 0 Å². The van der Waals surface area contributed by atoms with Gasteiger partial charge in [0.25, 0.3) is 0 Å². The molecule has 10 heteroatoms. The van der Waals surface area contributed by atoms with Crippen molar-refractivity contribution in [2.45, 2.75) is 43.8 Å². The third kappa shape index (κ3) is 4.89. The molecular weight excluding hydrogens is 332 g/mol. The molecule has 25 heavy (non-hydrogen) atoms. The van der Waals surface area contributed by atoms with Crippen LogP contribution in [0.25, 0.3) is 0 Å². The standard InChI is InChI=1S/C15H24N4O6/c20-8-10(13(23)17-7-12(21)22)18-14(24)11-4-2-6-19(11)15(25)9-3-1-5-16-9/h9-11,16,20H,1-8H2,(H,17,23)(H,18,24)(H,21,22). The number of nitrogens with one attached hydrogen (secondary N) is 3. The Bertz CT molecular complexity index is 534. The highest BCUT2D eigenvalue weighted by Gasteiger charge is 2.38. The molecule has 2 fully saturated rings. The van der Waals surface area contributed by atoms with Gasteiger partial charge in [-0.3, -0.25) is 19.2 Å². The van der Waals surface area contributed by atoms with Gasteiger partial charge in [-0.25, -0.2) is 0 Å². The number of hydrogen-bond donors (Lipinski definition) is 5. The Hall–Kier alpha value is -2.20. The molecule has 2 saturated heterocycles. The first-order valence-electron chi connectivity index (χ1n) is 8.38. The Morgan fingerprint density at radius 3 is 2.56 bits per heavy atom. The fourth-order valence-corrected chi connectivity index (χ4v) is 3.15. The summed E-state index contributed by atoms with van der Waals surface area (Å²) in [5.41, 5.74) is 0. The maximum absolute atomic E-state index is 12.5. The number of carbonyl (C=O) groups excluding carboxylic acids is 3. The highest BCUT2D eigenvalue weighted by molar-refractivity contribution is 5.94. The summed E-state index contributed by atoms with van der Waals surface area (Å²) in [5.74, 6) is -2.65. The minimum Gasteiger partial charge on any atom is -0.480 e. The number of nitrogens with zero attached hydrogens (tertiary/aromatic N) is 1. The molecule has 0 aromatic heterocycles. The number of carbonyl (C=O) groups is 4. The number of aliphatic hydroxyl groups is 1. The summed E-state index contributed by atoms with van der Waals surface area (Å²) in [5, 5.41) is 25.5. The molecule has 0 aromatic carbocycles. The maximum Gasteiger partial charge on any atom is 0.322 e. The largest absolute Gasteiger partial charge is 0.480 e. The number of carboxylic acid groups (broad SMARTS) is 1. The molecule has 3 amide bonds. The third-order valence-corrected chi connectivity index (χ3v) is 4.43. The van der Waals surface area contributed by atoms with Crippen molar-refractivity contribution < 1.29 is 29.4 Å². The summed E-state index contributed by atoms with van der Waals surface area (Å²) in [6, 6.07) is -2.22. The van der Waals surface area contributed by atoms with Gasteiger partial charge in [0.2, 0.25) is 17.7 Å². The van der Waals surface area contributed by atoms with Crippen molar-refractivity contribution in [3.63, 3.8) is 0 Å². The van der Waals surface area contributed by atoms with Crippen LogP contribution in [0.5, 0.6) is 0 Å². The van der Waals surface area contributed by atoms with E-state index in [9.17, 15) is 24.3 Å². The summed E-state index contributed by atoms with van der Waals surface area (Å²) in [6.07, 6.45) is 2.82. The lowest BCUT2D eigenvalue weighted by atomic mass is 10.1. The van der Waals surface area contributed by atoms with Crippen LogP contribution >= 0.6 is 0 Å². The maximum atomic E-state index is 12.5. The van der Waals surface area contributed by atoms with E-state index in [0.29, 0.717) is 19.4 Å². The first-order valence-corrected chi connectivity index (χ1v) is 8.38. The van der Waals surface area contributed by atoms with E-state index in [4.69, 9.17) is 5.11 Å². The van der Waals surface area contributed by atoms with E-state index in [-0.39, 0.29) is 11.9 Å². The highest BCUT2D eigenvalue weighted by atomic mass is 16.4. The van der Waals surface area contributed by atoms with Gasteiger partial charge in [0.1, 0.15) is 18.6 Å². The number of aliphatic carboxylic acids is 1. The minimum atomic E-state index is -1.26. The van der Waals surface area contributed by atoms with Crippen molar-refractivity contribution >= 4 is 23.7 Å². The Kier molecular flexibility index (Phi) is 6.71.